The minimum Gasteiger partial charge on any atom is -0.493 e. The van der Waals surface area contributed by atoms with Crippen LogP contribution in [0.3, 0.4) is 0 Å². The number of nitrogens with two attached hydrogens (primary N) is 1. The maximum Gasteiger partial charge on any atom is 0.255 e. The minimum atomic E-state index is -3.64. The van der Waals surface area contributed by atoms with Gasteiger partial charge < -0.3 is 53.8 Å². The van der Waals surface area contributed by atoms with E-state index in [0.717, 1.165) is 83.1 Å². The van der Waals surface area contributed by atoms with Gasteiger partial charge in [-0.1, -0.05) is 219 Å². The molecule has 23 heteroatoms. The Bertz CT molecular complexity index is 5380. The molecular weight excluding hydrogens is 1640 g/mol. The van der Waals surface area contributed by atoms with Gasteiger partial charge in [-0.15, -0.1) is 0 Å². The van der Waals surface area contributed by atoms with Crippen LogP contribution >= 0.6 is 23.2 Å². The molecule has 2 N–H and O–H groups in total. The number of hydrogen-bond acceptors (Lipinski definition) is 16. The van der Waals surface area contributed by atoms with Crippen molar-refractivity contribution in [1.82, 2.24) is 38.9 Å². The third-order valence-corrected chi connectivity index (χ3v) is 24.3. The molecule has 2 aliphatic rings. The first-order chi connectivity index (χ1) is 61.5. The van der Waals surface area contributed by atoms with E-state index in [1.54, 1.807) is 103 Å². The number of methoxy groups -OCH3 is 3. The standard InChI is InChI=1S/C29H27ClN2O3.C28H34N2O4S.C25H29N3O3.C21H25ClN2O/c1-34-27-15-14-23(19-28(27)35-21-22-9-3-2-4-10-22)20-32(18-16-24-11-7-8-17-31-24)29(33)25-12-5-6-13-26(25)30;1-33-28-21-25(15-16-27(28)34-23-24-11-5-2-6-12-24)22-30(20-19-29-17-9-4-10-18-29)35(31,32)26-13-7-3-8-14-26;1-19(26)25(29)28(15-13-22-10-6-7-14-27-22)17-21-11-12-23(24(16-21)30-2)31-18-20-8-4-3-5-9-20;22-20-12-5-4-11-19(20)21(25)24(16-17-8-2-1-3-9-17)15-13-18-10-6-7-14-23-18/h2-15,17,19H,16,18,20-21H2,1H3;2-3,5-8,11-16,21H,4,9-10,17-20,22-23H2,1H3;3-12,14,16,19H,13,15,17-18,26H2,1-2H3;4-7,10-12,14,17H,1-3,8-9,13,15-16H2/t;;19-;/m..0./s1. The van der Waals surface area contributed by atoms with Crippen molar-refractivity contribution in [2.45, 2.75) is 128 Å². The maximum absolute atomic E-state index is 13.5. The summed E-state index contributed by atoms with van der Waals surface area (Å²) in [6.07, 6.45) is 17.3. The second kappa shape index (κ2) is 50.9. The number of likely N-dealkylation sites (tertiary alicyclic amines) is 1. The molecule has 1 atom stereocenters. The second-order valence-electron chi connectivity index (χ2n) is 31.0. The average Bonchev–Trinajstić information content (AvgIpc) is 0.805. The largest absolute Gasteiger partial charge is 0.493 e. The summed E-state index contributed by atoms with van der Waals surface area (Å²) in [5.41, 5.74) is 15.8. The fourth-order valence-corrected chi connectivity index (χ4v) is 16.7. The summed E-state index contributed by atoms with van der Waals surface area (Å²) in [5, 5.41) is 0.959. The fourth-order valence-electron chi connectivity index (χ4n) is 14.9. The van der Waals surface area contributed by atoms with Gasteiger partial charge in [0.05, 0.1) is 53.4 Å². The monoisotopic (exact) mass is 1760 g/mol. The van der Waals surface area contributed by atoms with Crippen LogP contribution in [0.25, 0.3) is 0 Å². The summed E-state index contributed by atoms with van der Waals surface area (Å²) in [5.74, 6) is 4.19. The molecule has 1 aliphatic heterocycles. The Morgan fingerprint density at radius 2 is 0.794 bits per heavy atom. The normalized spacial score (nSPS) is 12.9. The number of amides is 3. The highest BCUT2D eigenvalue weighted by molar-refractivity contribution is 7.89. The summed E-state index contributed by atoms with van der Waals surface area (Å²) in [6.45, 7) is 9.84. The number of carbonyl (C=O) groups is 3. The van der Waals surface area contributed by atoms with Crippen LogP contribution in [-0.4, -0.2) is 145 Å². The second-order valence-corrected chi connectivity index (χ2v) is 33.8. The van der Waals surface area contributed by atoms with Crippen LogP contribution in [0.2, 0.25) is 10.0 Å². The van der Waals surface area contributed by atoms with E-state index >= 15 is 0 Å². The number of ether oxygens (including phenoxy) is 6. The first-order valence-corrected chi connectivity index (χ1v) is 45.3. The zero-order valence-electron chi connectivity index (χ0n) is 72.4. The molecule has 1 aliphatic carbocycles. The number of carbonyl (C=O) groups excluding carboxylic acids is 3. The molecule has 20 nitrogen and oxygen atoms in total. The summed E-state index contributed by atoms with van der Waals surface area (Å²) >= 11 is 12.6. The first-order valence-electron chi connectivity index (χ1n) is 43.1. The molecular formula is C103H115Cl2N9O11S. The Morgan fingerprint density at radius 1 is 0.413 bits per heavy atom. The van der Waals surface area contributed by atoms with E-state index in [2.05, 4.69) is 19.9 Å². The van der Waals surface area contributed by atoms with Gasteiger partial charge in [-0.3, -0.25) is 29.3 Å². The summed E-state index contributed by atoms with van der Waals surface area (Å²) in [6, 6.07) is 87.0. The van der Waals surface area contributed by atoms with Gasteiger partial charge in [0.25, 0.3) is 11.8 Å². The molecule has 1 saturated carbocycles. The van der Waals surface area contributed by atoms with Crippen molar-refractivity contribution in [2.75, 3.05) is 73.7 Å². The van der Waals surface area contributed by atoms with Gasteiger partial charge >= 0.3 is 0 Å². The topological polar surface area (TPSA) is 222 Å². The lowest BCUT2D eigenvalue weighted by Crippen LogP contribution is -2.42. The van der Waals surface area contributed by atoms with Crippen LogP contribution < -0.4 is 34.2 Å². The molecule has 1 saturated heterocycles. The summed E-state index contributed by atoms with van der Waals surface area (Å²) < 4.78 is 63.2. The van der Waals surface area contributed by atoms with Crippen LogP contribution in [-0.2, 0) is 73.5 Å². The van der Waals surface area contributed by atoms with Gasteiger partial charge in [0, 0.05) is 114 Å². The van der Waals surface area contributed by atoms with E-state index in [4.69, 9.17) is 57.4 Å². The maximum atomic E-state index is 13.5. The third kappa shape index (κ3) is 30.2. The van der Waals surface area contributed by atoms with E-state index in [0.29, 0.717) is 138 Å². The Balaban J connectivity index is 0.000000164. The zero-order valence-corrected chi connectivity index (χ0v) is 74.8. The number of benzene rings is 9. The number of piperidine rings is 1. The highest BCUT2D eigenvalue weighted by Gasteiger charge is 2.29. The molecule has 126 heavy (non-hydrogen) atoms. The number of sulfonamides is 1. The number of pyridine rings is 3. The molecule has 3 amide bonds. The Kier molecular flexibility index (Phi) is 38.2. The van der Waals surface area contributed by atoms with Gasteiger partial charge in [-0.2, -0.15) is 4.31 Å². The van der Waals surface area contributed by atoms with Crippen molar-refractivity contribution >= 4 is 50.9 Å². The Hall–Kier alpha value is -12.0. The van der Waals surface area contributed by atoms with Crippen molar-refractivity contribution in [1.29, 1.82) is 0 Å². The number of nitrogens with zero attached hydrogens (tertiary/aromatic N) is 8. The molecule has 0 spiro atoms. The number of hydrogen-bond donors (Lipinski definition) is 1. The molecule has 0 unspecified atom stereocenters. The summed E-state index contributed by atoms with van der Waals surface area (Å²) in [7, 11) is 1.19. The molecule has 0 radical (unpaired) electrons. The zero-order chi connectivity index (χ0) is 88.5. The van der Waals surface area contributed by atoms with E-state index in [1.165, 1.54) is 51.4 Å². The predicted molar refractivity (Wildman–Crippen MR) is 499 cm³/mol. The molecule has 0 bridgehead atoms. The summed E-state index contributed by atoms with van der Waals surface area (Å²) in [4.78, 5) is 60.6. The van der Waals surface area contributed by atoms with Crippen LogP contribution in [0.5, 0.6) is 34.5 Å². The third-order valence-electron chi connectivity index (χ3n) is 21.8. The minimum absolute atomic E-state index is 0.0344. The van der Waals surface area contributed by atoms with Crippen molar-refractivity contribution in [3.8, 4) is 34.5 Å². The Morgan fingerprint density at radius 3 is 1.24 bits per heavy atom. The first kappa shape index (κ1) is 94.7. The molecule has 4 heterocycles. The number of aromatic nitrogens is 3. The average molecular weight is 1760 g/mol. The lowest BCUT2D eigenvalue weighted by Gasteiger charge is -2.30. The highest BCUT2D eigenvalue weighted by atomic mass is 35.5. The van der Waals surface area contributed by atoms with Crippen LogP contribution in [0.15, 0.2) is 303 Å². The molecule has 9 aromatic carbocycles. The molecule has 2 fully saturated rings. The van der Waals surface area contributed by atoms with E-state index < -0.39 is 16.1 Å². The number of rotatable bonds is 37. The van der Waals surface area contributed by atoms with Gasteiger partial charge in [-0.05, 0) is 194 Å². The predicted octanol–water partition coefficient (Wildman–Crippen LogP) is 19.7. The van der Waals surface area contributed by atoms with Crippen molar-refractivity contribution in [2.24, 2.45) is 11.7 Å². The quantitative estimate of drug-likeness (QED) is 0.0382. The molecule has 3 aromatic heterocycles. The van der Waals surface area contributed by atoms with E-state index in [9.17, 15) is 22.8 Å². The van der Waals surface area contributed by atoms with Crippen LogP contribution in [0.4, 0.5) is 0 Å². The van der Waals surface area contributed by atoms with Crippen molar-refractivity contribution < 1.29 is 51.2 Å². The van der Waals surface area contributed by atoms with Gasteiger partial charge in [0.1, 0.15) is 19.8 Å². The lowest BCUT2D eigenvalue weighted by molar-refractivity contribution is -0.132. The van der Waals surface area contributed by atoms with Crippen molar-refractivity contribution in [3.63, 3.8) is 0 Å². The van der Waals surface area contributed by atoms with Gasteiger partial charge in [0.2, 0.25) is 15.9 Å². The SMILES string of the molecule is COc1cc(CN(CCN2CCCCC2)S(=O)(=O)c2ccccc2)ccc1OCc1ccccc1.COc1cc(CN(CCc2ccccn2)C(=O)[C@H](C)N)ccc1OCc1ccccc1.COc1ccc(CN(CCc2ccccn2)C(=O)c2ccccc2Cl)cc1OCc1ccccc1.O=C(c1ccccc1Cl)N(CCc1ccccn1)CC1CCCCC1. The fraction of sp³-hybridized carbons (Fsp3) is 0.301. The number of halogens is 2. The van der Waals surface area contributed by atoms with Crippen molar-refractivity contribution in [3.05, 3.63) is 369 Å². The van der Waals surface area contributed by atoms with E-state index in [1.807, 2.05) is 241 Å². The van der Waals surface area contributed by atoms with Gasteiger partial charge in [-0.25, -0.2) is 8.42 Å². The molecule has 14 rings (SSSR count). The van der Waals surface area contributed by atoms with Crippen LogP contribution in [0, 0.1) is 5.92 Å². The highest BCUT2D eigenvalue weighted by Crippen LogP contribution is 2.35. The molecule has 12 aromatic rings. The van der Waals surface area contributed by atoms with E-state index in [-0.39, 0.29) is 24.3 Å². The lowest BCUT2D eigenvalue weighted by atomic mass is 9.88. The Labute approximate surface area is 753 Å². The molecule has 658 valence electrons. The van der Waals surface area contributed by atoms with Gasteiger partial charge in [0.15, 0.2) is 34.5 Å². The smallest absolute Gasteiger partial charge is 0.255 e. The van der Waals surface area contributed by atoms with Crippen LogP contribution in [0.1, 0.15) is 129 Å².